The molecular weight excluding hydrogens is 98.1 g/mol. The van der Waals surface area contributed by atoms with E-state index >= 15 is 0 Å². The molecule has 8 heavy (non-hydrogen) atoms. The summed E-state index contributed by atoms with van der Waals surface area (Å²) < 4.78 is 2.41. The molecule has 0 radical (unpaired) electrons. The summed E-state index contributed by atoms with van der Waals surface area (Å²) in [7, 11) is 0. The van der Waals surface area contributed by atoms with Crippen molar-refractivity contribution in [1.29, 1.82) is 0 Å². The van der Waals surface area contributed by atoms with Gasteiger partial charge in [-0.25, -0.2) is 4.58 Å². The molecule has 0 unspecified atom stereocenters. The zero-order chi connectivity index (χ0) is 6.15. The van der Waals surface area contributed by atoms with Gasteiger partial charge in [-0.05, 0) is 0 Å². The Balaban J connectivity index is 2.45. The van der Waals surface area contributed by atoms with Crippen LogP contribution in [0.15, 0.2) is 0 Å². The van der Waals surface area contributed by atoms with E-state index in [2.05, 4.69) is 25.3 Å². The number of hydrogen-bond donors (Lipinski definition) is 0. The molecule has 46 valence electrons. The second-order valence-corrected chi connectivity index (χ2v) is 2.96. The molecule has 1 saturated heterocycles. The molecule has 0 amide bonds. The van der Waals surface area contributed by atoms with Crippen LogP contribution in [0.5, 0.6) is 0 Å². The van der Waals surface area contributed by atoms with Crippen LogP contribution < -0.4 is 0 Å². The van der Waals surface area contributed by atoms with Gasteiger partial charge >= 0.3 is 0 Å². The molecule has 0 bridgehead atoms. The van der Waals surface area contributed by atoms with Gasteiger partial charge < -0.3 is 0 Å². The summed E-state index contributed by atoms with van der Waals surface area (Å²) in [6, 6.07) is 0. The standard InChI is InChI=1S/C7H14N/c1-6(2)8-4-7(3)5-8/h7H,4-5H2,1-3H3/q+1. The predicted molar refractivity (Wildman–Crippen MR) is 35.5 cm³/mol. The minimum absolute atomic E-state index is 0.935. The number of hydrogen-bond acceptors (Lipinski definition) is 0. The van der Waals surface area contributed by atoms with E-state index in [0.717, 1.165) is 5.92 Å². The second-order valence-electron chi connectivity index (χ2n) is 2.96. The minimum Gasteiger partial charge on any atom is -0.236 e. The van der Waals surface area contributed by atoms with Gasteiger partial charge in [0, 0.05) is 13.8 Å². The van der Waals surface area contributed by atoms with Crippen molar-refractivity contribution in [3.05, 3.63) is 0 Å². The van der Waals surface area contributed by atoms with Gasteiger partial charge in [-0.15, -0.1) is 0 Å². The largest absolute Gasteiger partial charge is 0.236 e. The van der Waals surface area contributed by atoms with Crippen molar-refractivity contribution in [2.45, 2.75) is 20.8 Å². The highest BCUT2D eigenvalue weighted by Gasteiger charge is 2.26. The van der Waals surface area contributed by atoms with Gasteiger partial charge in [0.2, 0.25) is 0 Å². The maximum atomic E-state index is 2.41. The van der Waals surface area contributed by atoms with Crippen molar-refractivity contribution in [2.24, 2.45) is 5.92 Å². The van der Waals surface area contributed by atoms with Crippen LogP contribution in [0, 0.1) is 5.92 Å². The van der Waals surface area contributed by atoms with E-state index in [-0.39, 0.29) is 0 Å². The Morgan fingerprint density at radius 2 is 1.88 bits per heavy atom. The Kier molecular flexibility index (Phi) is 1.37. The van der Waals surface area contributed by atoms with E-state index in [1.165, 1.54) is 18.8 Å². The number of rotatable bonds is 0. The Morgan fingerprint density at radius 3 is 2.00 bits per heavy atom. The maximum Gasteiger partial charge on any atom is 0.151 e. The van der Waals surface area contributed by atoms with Crippen LogP contribution in [-0.4, -0.2) is 23.4 Å². The van der Waals surface area contributed by atoms with E-state index < -0.39 is 0 Å². The highest BCUT2D eigenvalue weighted by molar-refractivity contribution is 5.74. The first-order chi connectivity index (χ1) is 3.70. The molecule has 1 nitrogen and oxygen atoms in total. The Labute approximate surface area is 51.0 Å². The maximum absolute atomic E-state index is 2.41. The third-order valence-corrected chi connectivity index (χ3v) is 1.70. The molecule has 0 N–H and O–H groups in total. The summed E-state index contributed by atoms with van der Waals surface area (Å²) >= 11 is 0. The summed E-state index contributed by atoms with van der Waals surface area (Å²) in [4.78, 5) is 0. The van der Waals surface area contributed by atoms with Crippen LogP contribution >= 0.6 is 0 Å². The first kappa shape index (κ1) is 5.80. The van der Waals surface area contributed by atoms with Crippen LogP contribution in [0.4, 0.5) is 0 Å². The van der Waals surface area contributed by atoms with E-state index in [1.807, 2.05) is 0 Å². The third kappa shape index (κ3) is 0.908. The molecule has 0 aliphatic carbocycles. The van der Waals surface area contributed by atoms with Crippen LogP contribution in [0.3, 0.4) is 0 Å². The summed E-state index contributed by atoms with van der Waals surface area (Å²) in [5, 5.41) is 0. The van der Waals surface area contributed by atoms with Gasteiger partial charge in [0.15, 0.2) is 13.1 Å². The normalized spacial score (nSPS) is 27.4. The van der Waals surface area contributed by atoms with Gasteiger partial charge in [0.25, 0.3) is 0 Å². The third-order valence-electron chi connectivity index (χ3n) is 1.70. The van der Waals surface area contributed by atoms with Crippen molar-refractivity contribution in [3.8, 4) is 0 Å². The van der Waals surface area contributed by atoms with Crippen LogP contribution in [-0.2, 0) is 0 Å². The molecular formula is C7H14N+. The summed E-state index contributed by atoms with van der Waals surface area (Å²) in [6.07, 6.45) is 0. The van der Waals surface area contributed by atoms with Crippen molar-refractivity contribution in [2.75, 3.05) is 13.1 Å². The molecule has 0 saturated carbocycles. The fourth-order valence-electron chi connectivity index (χ4n) is 1.06. The van der Waals surface area contributed by atoms with Gasteiger partial charge in [0.05, 0.1) is 5.92 Å². The molecule has 1 fully saturated rings. The zero-order valence-corrected chi connectivity index (χ0v) is 5.94. The van der Waals surface area contributed by atoms with Crippen LogP contribution in [0.1, 0.15) is 20.8 Å². The van der Waals surface area contributed by atoms with Crippen LogP contribution in [0.2, 0.25) is 0 Å². The van der Waals surface area contributed by atoms with E-state index in [9.17, 15) is 0 Å². The summed E-state index contributed by atoms with van der Waals surface area (Å²) in [5.74, 6) is 0.935. The lowest BCUT2D eigenvalue weighted by Gasteiger charge is -2.20. The average molecular weight is 112 g/mol. The van der Waals surface area contributed by atoms with Crippen LogP contribution in [0.25, 0.3) is 0 Å². The van der Waals surface area contributed by atoms with Gasteiger partial charge in [-0.2, -0.15) is 0 Å². The quantitative estimate of drug-likeness (QED) is 0.413. The van der Waals surface area contributed by atoms with E-state index in [4.69, 9.17) is 0 Å². The lowest BCUT2D eigenvalue weighted by molar-refractivity contribution is -0.603. The molecule has 0 atom stereocenters. The van der Waals surface area contributed by atoms with E-state index in [0.29, 0.717) is 0 Å². The van der Waals surface area contributed by atoms with Crippen molar-refractivity contribution >= 4 is 5.71 Å². The number of nitrogens with zero attached hydrogens (tertiary/aromatic N) is 1. The van der Waals surface area contributed by atoms with Crippen molar-refractivity contribution in [3.63, 3.8) is 0 Å². The first-order valence-corrected chi connectivity index (χ1v) is 3.25. The average Bonchev–Trinajstić information content (AvgIpc) is 1.57. The van der Waals surface area contributed by atoms with Gasteiger partial charge in [0.1, 0.15) is 5.71 Å². The molecule has 1 heterocycles. The summed E-state index contributed by atoms with van der Waals surface area (Å²) in [6.45, 7) is 9.20. The molecule has 1 rings (SSSR count). The fraction of sp³-hybridized carbons (Fsp3) is 0.857. The zero-order valence-electron chi connectivity index (χ0n) is 5.94. The Hall–Kier alpha value is -0.330. The monoisotopic (exact) mass is 112 g/mol. The van der Waals surface area contributed by atoms with E-state index in [1.54, 1.807) is 0 Å². The predicted octanol–water partition coefficient (Wildman–Crippen LogP) is 1.13. The first-order valence-electron chi connectivity index (χ1n) is 3.25. The lowest BCUT2D eigenvalue weighted by atomic mass is 10.1. The summed E-state index contributed by atoms with van der Waals surface area (Å²) in [5.41, 5.74) is 1.46. The smallest absolute Gasteiger partial charge is 0.151 e. The minimum atomic E-state index is 0.935. The molecule has 0 aromatic carbocycles. The molecule has 1 heteroatoms. The lowest BCUT2D eigenvalue weighted by Crippen LogP contribution is -2.39. The van der Waals surface area contributed by atoms with Gasteiger partial charge in [-0.3, -0.25) is 0 Å². The highest BCUT2D eigenvalue weighted by atomic mass is 15.1. The van der Waals surface area contributed by atoms with Gasteiger partial charge in [-0.1, -0.05) is 6.92 Å². The Bertz CT molecular complexity index is 112. The topological polar surface area (TPSA) is 3.01 Å². The van der Waals surface area contributed by atoms with Crippen molar-refractivity contribution < 1.29 is 4.58 Å². The molecule has 0 spiro atoms. The molecule has 1 aliphatic heterocycles. The van der Waals surface area contributed by atoms with Crippen molar-refractivity contribution in [1.82, 2.24) is 0 Å². The molecule has 0 aromatic heterocycles. The Morgan fingerprint density at radius 1 is 1.38 bits per heavy atom. The fourth-order valence-corrected chi connectivity index (χ4v) is 1.06. The molecule has 1 aliphatic rings. The SMILES string of the molecule is CC(C)=[N+]1CC(C)C1. The second kappa shape index (κ2) is 1.88. The molecule has 0 aromatic rings. The highest BCUT2D eigenvalue weighted by Crippen LogP contribution is 2.07.